The predicted octanol–water partition coefficient (Wildman–Crippen LogP) is 3.81. The Hall–Kier alpha value is -0.990. The average molecular weight is 236 g/mol. The topological polar surface area (TPSA) is 27.1 Å². The van der Waals surface area contributed by atoms with Crippen LogP contribution in [0.15, 0.2) is 12.4 Å². The van der Waals surface area contributed by atoms with Crippen LogP contribution in [0.25, 0.3) is 0 Å². The molecule has 2 rings (SSSR count). The van der Waals surface area contributed by atoms with Crippen LogP contribution in [0.3, 0.4) is 0 Å². The summed E-state index contributed by atoms with van der Waals surface area (Å²) in [5.74, 6) is 1.80. The first-order valence-electron chi connectivity index (χ1n) is 6.92. The molecule has 0 bridgehead atoms. The number of hydrogen-bond acceptors (Lipinski definition) is 2. The van der Waals surface area contributed by atoms with Crippen molar-refractivity contribution in [3.63, 3.8) is 0 Å². The maximum Gasteiger partial charge on any atom is 0.157 e. The molecule has 1 heterocycles. The van der Waals surface area contributed by atoms with Crippen molar-refractivity contribution in [2.45, 2.75) is 58.4 Å². The van der Waals surface area contributed by atoms with Crippen molar-refractivity contribution in [3.8, 4) is 5.75 Å². The molecule has 3 heteroatoms. The number of hydrogen-bond donors (Lipinski definition) is 0. The number of rotatable bonds is 5. The molecule has 0 saturated heterocycles. The van der Waals surface area contributed by atoms with Gasteiger partial charge in [-0.25, -0.2) is 0 Å². The van der Waals surface area contributed by atoms with Crippen LogP contribution in [0.1, 0.15) is 58.4 Å². The van der Waals surface area contributed by atoms with Crippen LogP contribution >= 0.6 is 0 Å². The molecule has 96 valence electrons. The van der Waals surface area contributed by atoms with E-state index in [1.54, 1.807) is 0 Å². The number of nitrogens with zero attached hydrogens (tertiary/aromatic N) is 2. The zero-order valence-corrected chi connectivity index (χ0v) is 11.1. The fourth-order valence-electron chi connectivity index (χ4n) is 2.50. The Labute approximate surface area is 104 Å². The van der Waals surface area contributed by atoms with Gasteiger partial charge >= 0.3 is 0 Å². The third-order valence-electron chi connectivity index (χ3n) is 3.63. The maximum absolute atomic E-state index is 5.76. The monoisotopic (exact) mass is 236 g/mol. The van der Waals surface area contributed by atoms with Gasteiger partial charge in [0.1, 0.15) is 0 Å². The van der Waals surface area contributed by atoms with E-state index in [0.29, 0.717) is 6.04 Å². The van der Waals surface area contributed by atoms with Crippen LogP contribution in [0.4, 0.5) is 0 Å². The van der Waals surface area contributed by atoms with Gasteiger partial charge in [-0.15, -0.1) is 0 Å². The molecule has 17 heavy (non-hydrogen) atoms. The van der Waals surface area contributed by atoms with E-state index in [1.165, 1.54) is 38.5 Å². The molecule has 1 aliphatic carbocycles. The number of aromatic nitrogens is 2. The van der Waals surface area contributed by atoms with Crippen LogP contribution in [0, 0.1) is 5.92 Å². The fourth-order valence-corrected chi connectivity index (χ4v) is 2.50. The lowest BCUT2D eigenvalue weighted by Crippen LogP contribution is -2.10. The zero-order valence-electron chi connectivity index (χ0n) is 11.1. The Morgan fingerprint density at radius 2 is 2.12 bits per heavy atom. The minimum absolute atomic E-state index is 0.408. The van der Waals surface area contributed by atoms with Gasteiger partial charge in [0, 0.05) is 6.04 Å². The van der Waals surface area contributed by atoms with Gasteiger partial charge in [-0.3, -0.25) is 4.68 Å². The van der Waals surface area contributed by atoms with Crippen molar-refractivity contribution in [2.75, 3.05) is 6.61 Å². The highest BCUT2D eigenvalue weighted by Gasteiger charge is 2.13. The number of ether oxygens (including phenoxy) is 1. The second-order valence-electron chi connectivity index (χ2n) is 5.39. The highest BCUT2D eigenvalue weighted by atomic mass is 16.5. The quantitative estimate of drug-likeness (QED) is 0.777. The average Bonchev–Trinajstić information content (AvgIpc) is 2.79. The molecule has 1 fully saturated rings. The molecule has 0 spiro atoms. The smallest absolute Gasteiger partial charge is 0.157 e. The van der Waals surface area contributed by atoms with E-state index < -0.39 is 0 Å². The molecule has 0 radical (unpaired) electrons. The van der Waals surface area contributed by atoms with Crippen molar-refractivity contribution in [1.29, 1.82) is 0 Å². The summed E-state index contributed by atoms with van der Waals surface area (Å²) in [5, 5.41) is 4.27. The van der Waals surface area contributed by atoms with Gasteiger partial charge in [0.05, 0.1) is 19.0 Å². The standard InChI is InChI=1S/C14H24N2O/c1-12(2)16-11-14(10-15-16)17-9-8-13-6-4-3-5-7-13/h10-13H,3-9H2,1-2H3. The van der Waals surface area contributed by atoms with E-state index in [-0.39, 0.29) is 0 Å². The van der Waals surface area contributed by atoms with Gasteiger partial charge in [-0.2, -0.15) is 5.10 Å². The van der Waals surface area contributed by atoms with Crippen LogP contribution in [0.5, 0.6) is 5.75 Å². The Morgan fingerprint density at radius 1 is 1.35 bits per heavy atom. The van der Waals surface area contributed by atoms with E-state index in [1.807, 2.05) is 17.1 Å². The molecule has 1 aromatic rings. The van der Waals surface area contributed by atoms with Gasteiger partial charge in [-0.1, -0.05) is 32.1 Å². The molecule has 1 aromatic heterocycles. The lowest BCUT2D eigenvalue weighted by molar-refractivity contribution is 0.246. The van der Waals surface area contributed by atoms with Crippen molar-refractivity contribution in [1.82, 2.24) is 9.78 Å². The molecule has 3 nitrogen and oxygen atoms in total. The summed E-state index contributed by atoms with van der Waals surface area (Å²) in [4.78, 5) is 0. The Bertz CT molecular complexity index is 327. The van der Waals surface area contributed by atoms with E-state index >= 15 is 0 Å². The van der Waals surface area contributed by atoms with Gasteiger partial charge in [0.25, 0.3) is 0 Å². The highest BCUT2D eigenvalue weighted by Crippen LogP contribution is 2.26. The lowest BCUT2D eigenvalue weighted by atomic mass is 9.87. The highest BCUT2D eigenvalue weighted by molar-refractivity contribution is 5.11. The van der Waals surface area contributed by atoms with Crippen LogP contribution < -0.4 is 4.74 Å². The summed E-state index contributed by atoms with van der Waals surface area (Å²) in [6, 6.07) is 0.408. The third-order valence-corrected chi connectivity index (χ3v) is 3.63. The molecule has 0 unspecified atom stereocenters. The molecule has 1 aliphatic rings. The Balaban J connectivity index is 1.70. The Morgan fingerprint density at radius 3 is 2.76 bits per heavy atom. The fraction of sp³-hybridized carbons (Fsp3) is 0.786. The Kier molecular flexibility index (Phi) is 4.46. The molecule has 0 aromatic carbocycles. The first kappa shape index (κ1) is 12.5. The second-order valence-corrected chi connectivity index (χ2v) is 5.39. The van der Waals surface area contributed by atoms with Crippen molar-refractivity contribution in [2.24, 2.45) is 5.92 Å². The minimum Gasteiger partial charge on any atom is -0.490 e. The third kappa shape index (κ3) is 3.76. The van der Waals surface area contributed by atoms with E-state index in [0.717, 1.165) is 18.3 Å². The molecule has 0 N–H and O–H groups in total. The minimum atomic E-state index is 0.408. The largest absolute Gasteiger partial charge is 0.490 e. The van der Waals surface area contributed by atoms with E-state index in [9.17, 15) is 0 Å². The van der Waals surface area contributed by atoms with Gasteiger partial charge < -0.3 is 4.74 Å². The summed E-state index contributed by atoms with van der Waals surface area (Å²) in [7, 11) is 0. The summed E-state index contributed by atoms with van der Waals surface area (Å²) in [5.41, 5.74) is 0. The van der Waals surface area contributed by atoms with Gasteiger partial charge in [0.15, 0.2) is 5.75 Å². The maximum atomic E-state index is 5.76. The van der Waals surface area contributed by atoms with E-state index in [4.69, 9.17) is 4.74 Å². The summed E-state index contributed by atoms with van der Waals surface area (Å²) >= 11 is 0. The van der Waals surface area contributed by atoms with Crippen LogP contribution in [-0.2, 0) is 0 Å². The first-order chi connectivity index (χ1) is 8.25. The molecule has 0 aliphatic heterocycles. The van der Waals surface area contributed by atoms with Crippen molar-refractivity contribution >= 4 is 0 Å². The van der Waals surface area contributed by atoms with Crippen molar-refractivity contribution in [3.05, 3.63) is 12.4 Å². The van der Waals surface area contributed by atoms with E-state index in [2.05, 4.69) is 18.9 Å². The second kappa shape index (κ2) is 6.08. The summed E-state index contributed by atoms with van der Waals surface area (Å²) in [6.45, 7) is 5.09. The normalized spacial score (nSPS) is 17.6. The zero-order chi connectivity index (χ0) is 12.1. The molecule has 0 atom stereocenters. The first-order valence-corrected chi connectivity index (χ1v) is 6.92. The lowest BCUT2D eigenvalue weighted by Gasteiger charge is -2.21. The summed E-state index contributed by atoms with van der Waals surface area (Å²) in [6.07, 6.45) is 12.1. The molecular formula is C14H24N2O. The van der Waals surface area contributed by atoms with Crippen LogP contribution in [-0.4, -0.2) is 16.4 Å². The van der Waals surface area contributed by atoms with Crippen molar-refractivity contribution < 1.29 is 4.74 Å². The molecule has 0 amide bonds. The van der Waals surface area contributed by atoms with Gasteiger partial charge in [0.2, 0.25) is 0 Å². The SMILES string of the molecule is CC(C)n1cc(OCCC2CCCCC2)cn1. The summed E-state index contributed by atoms with van der Waals surface area (Å²) < 4.78 is 7.70. The van der Waals surface area contributed by atoms with Crippen LogP contribution in [0.2, 0.25) is 0 Å². The molecule has 1 saturated carbocycles. The van der Waals surface area contributed by atoms with Gasteiger partial charge in [-0.05, 0) is 26.2 Å². The predicted molar refractivity (Wildman–Crippen MR) is 69.3 cm³/mol. The molecular weight excluding hydrogens is 212 g/mol.